The zero-order valence-electron chi connectivity index (χ0n) is 16.8. The molecular formula is C22H31N3O3. The van der Waals surface area contributed by atoms with Gasteiger partial charge in [0.25, 0.3) is 5.91 Å². The van der Waals surface area contributed by atoms with Gasteiger partial charge in [0, 0.05) is 32.2 Å². The lowest BCUT2D eigenvalue weighted by Gasteiger charge is -2.39. The van der Waals surface area contributed by atoms with Crippen LogP contribution in [0.4, 0.5) is 0 Å². The van der Waals surface area contributed by atoms with E-state index in [-0.39, 0.29) is 23.8 Å². The number of nitrogens with two attached hydrogens (primary N) is 1. The molecular weight excluding hydrogens is 354 g/mol. The van der Waals surface area contributed by atoms with Crippen molar-refractivity contribution in [3.8, 4) is 5.75 Å². The summed E-state index contributed by atoms with van der Waals surface area (Å²) in [6, 6.07) is 7.73. The Kier molecular flexibility index (Phi) is 5.32. The summed E-state index contributed by atoms with van der Waals surface area (Å²) in [5, 5.41) is 0. The number of para-hydroxylation sites is 1. The molecule has 1 aliphatic heterocycles. The monoisotopic (exact) mass is 385 g/mol. The van der Waals surface area contributed by atoms with Crippen LogP contribution in [0.3, 0.4) is 0 Å². The van der Waals surface area contributed by atoms with Crippen molar-refractivity contribution in [1.82, 2.24) is 9.80 Å². The predicted octanol–water partition coefficient (Wildman–Crippen LogP) is 1.81. The van der Waals surface area contributed by atoms with E-state index >= 15 is 0 Å². The smallest absolute Gasteiger partial charge is 0.263 e. The predicted molar refractivity (Wildman–Crippen MR) is 107 cm³/mol. The Balaban J connectivity index is 1.30. The second-order valence-electron chi connectivity index (χ2n) is 8.61. The molecule has 2 bridgehead atoms. The average Bonchev–Trinajstić information content (AvgIpc) is 3.30. The summed E-state index contributed by atoms with van der Waals surface area (Å²) in [5.74, 6) is 1.91. The second-order valence-corrected chi connectivity index (χ2v) is 8.61. The first-order valence-electron chi connectivity index (χ1n) is 10.5. The van der Waals surface area contributed by atoms with E-state index in [0.717, 1.165) is 24.2 Å². The van der Waals surface area contributed by atoms with Crippen molar-refractivity contribution < 1.29 is 14.3 Å². The van der Waals surface area contributed by atoms with Crippen LogP contribution < -0.4 is 10.5 Å². The number of nitrogens with zero attached hydrogens (tertiary/aromatic N) is 2. The Morgan fingerprint density at radius 3 is 2.36 bits per heavy atom. The van der Waals surface area contributed by atoms with Crippen molar-refractivity contribution >= 4 is 11.8 Å². The number of rotatable bonds is 4. The standard InChI is InChI=1S/C22H31N3O3/c1-14-5-3-4-6-18(14)28-15(2)21(26)24-9-11-25(12-10-24)22(27)19-16-7-8-17(13-16)20(19)23/h3-6,15-17,19-20H,7-13,23H2,1-2H3. The number of hydrogen-bond donors (Lipinski definition) is 1. The Bertz CT molecular complexity index is 742. The molecule has 4 rings (SSSR count). The fourth-order valence-electron chi connectivity index (χ4n) is 5.25. The fraction of sp³-hybridized carbons (Fsp3) is 0.636. The van der Waals surface area contributed by atoms with Crippen LogP contribution in [0.1, 0.15) is 31.7 Å². The zero-order chi connectivity index (χ0) is 19.8. The van der Waals surface area contributed by atoms with E-state index in [0.29, 0.717) is 38.0 Å². The quantitative estimate of drug-likeness (QED) is 0.858. The van der Waals surface area contributed by atoms with Crippen molar-refractivity contribution in [2.45, 2.75) is 45.3 Å². The molecule has 3 aliphatic rings. The summed E-state index contributed by atoms with van der Waals surface area (Å²) in [6.07, 6.45) is 2.89. The number of benzene rings is 1. The molecule has 2 N–H and O–H groups in total. The lowest BCUT2D eigenvalue weighted by molar-refractivity contribution is -0.146. The fourth-order valence-corrected chi connectivity index (χ4v) is 5.25. The summed E-state index contributed by atoms with van der Waals surface area (Å²) >= 11 is 0. The SMILES string of the molecule is Cc1ccccc1OC(C)C(=O)N1CCN(C(=O)C2C3CCC(C3)C2N)CC1. The molecule has 0 radical (unpaired) electrons. The molecule has 152 valence electrons. The minimum atomic E-state index is -0.539. The molecule has 0 aromatic heterocycles. The molecule has 1 saturated heterocycles. The molecule has 2 aliphatic carbocycles. The zero-order valence-corrected chi connectivity index (χ0v) is 16.8. The lowest BCUT2D eigenvalue weighted by Crippen LogP contribution is -2.56. The first kappa shape index (κ1) is 19.2. The highest BCUT2D eigenvalue weighted by atomic mass is 16.5. The number of hydrogen-bond acceptors (Lipinski definition) is 4. The molecule has 2 saturated carbocycles. The average molecular weight is 386 g/mol. The van der Waals surface area contributed by atoms with Gasteiger partial charge in [-0.05, 0) is 56.6 Å². The summed E-state index contributed by atoms with van der Waals surface area (Å²) < 4.78 is 5.87. The number of aryl methyl sites for hydroxylation is 1. The maximum atomic E-state index is 13.0. The molecule has 0 spiro atoms. The Morgan fingerprint density at radius 2 is 1.71 bits per heavy atom. The number of amides is 2. The molecule has 5 unspecified atom stereocenters. The summed E-state index contributed by atoms with van der Waals surface area (Å²) in [4.78, 5) is 29.5. The highest BCUT2D eigenvalue weighted by Crippen LogP contribution is 2.48. The topological polar surface area (TPSA) is 75.9 Å². The minimum absolute atomic E-state index is 0.00989. The Morgan fingerprint density at radius 1 is 1.07 bits per heavy atom. The van der Waals surface area contributed by atoms with Crippen molar-refractivity contribution in [3.05, 3.63) is 29.8 Å². The van der Waals surface area contributed by atoms with Gasteiger partial charge in [-0.1, -0.05) is 18.2 Å². The number of carbonyl (C=O) groups is 2. The van der Waals surface area contributed by atoms with Gasteiger partial charge in [-0.15, -0.1) is 0 Å². The van der Waals surface area contributed by atoms with Gasteiger partial charge in [0.2, 0.25) is 5.91 Å². The third kappa shape index (κ3) is 3.50. The van der Waals surface area contributed by atoms with Crippen LogP contribution in [-0.4, -0.2) is 59.9 Å². The van der Waals surface area contributed by atoms with Crippen LogP contribution in [0.15, 0.2) is 24.3 Å². The normalized spacial score (nSPS) is 30.4. The van der Waals surface area contributed by atoms with Gasteiger partial charge in [0.15, 0.2) is 6.10 Å². The van der Waals surface area contributed by atoms with Crippen LogP contribution in [-0.2, 0) is 9.59 Å². The Labute approximate surface area is 167 Å². The number of carbonyl (C=O) groups excluding carboxylic acids is 2. The highest BCUT2D eigenvalue weighted by Gasteiger charge is 2.50. The molecule has 5 atom stereocenters. The van der Waals surface area contributed by atoms with E-state index in [9.17, 15) is 9.59 Å². The highest BCUT2D eigenvalue weighted by molar-refractivity contribution is 5.83. The van der Waals surface area contributed by atoms with E-state index in [1.165, 1.54) is 6.42 Å². The molecule has 28 heavy (non-hydrogen) atoms. The minimum Gasteiger partial charge on any atom is -0.481 e. The van der Waals surface area contributed by atoms with E-state index in [4.69, 9.17) is 10.5 Å². The summed E-state index contributed by atoms with van der Waals surface area (Å²) in [6.45, 7) is 6.05. The largest absolute Gasteiger partial charge is 0.481 e. The third-order valence-corrected chi connectivity index (χ3v) is 6.91. The summed E-state index contributed by atoms with van der Waals surface area (Å²) in [5.41, 5.74) is 7.36. The Hall–Kier alpha value is -2.08. The number of piperazine rings is 1. The molecule has 3 fully saturated rings. The first-order valence-corrected chi connectivity index (χ1v) is 10.5. The third-order valence-electron chi connectivity index (χ3n) is 6.91. The lowest BCUT2D eigenvalue weighted by atomic mass is 9.84. The maximum absolute atomic E-state index is 13.0. The van der Waals surface area contributed by atoms with Gasteiger partial charge in [0.1, 0.15) is 5.75 Å². The molecule has 2 amide bonds. The molecule has 6 nitrogen and oxygen atoms in total. The van der Waals surface area contributed by atoms with E-state index < -0.39 is 6.10 Å². The van der Waals surface area contributed by atoms with Crippen molar-refractivity contribution in [2.24, 2.45) is 23.5 Å². The van der Waals surface area contributed by atoms with Gasteiger partial charge < -0.3 is 20.3 Å². The van der Waals surface area contributed by atoms with Crippen LogP contribution in [0.25, 0.3) is 0 Å². The van der Waals surface area contributed by atoms with Gasteiger partial charge in [-0.25, -0.2) is 0 Å². The molecule has 1 aromatic carbocycles. The van der Waals surface area contributed by atoms with Crippen LogP contribution in [0, 0.1) is 24.7 Å². The van der Waals surface area contributed by atoms with Crippen LogP contribution in [0.2, 0.25) is 0 Å². The van der Waals surface area contributed by atoms with E-state index in [1.807, 2.05) is 41.0 Å². The second kappa shape index (κ2) is 7.74. The van der Waals surface area contributed by atoms with E-state index in [1.54, 1.807) is 6.92 Å². The first-order chi connectivity index (χ1) is 13.5. The van der Waals surface area contributed by atoms with Crippen LogP contribution in [0.5, 0.6) is 5.75 Å². The van der Waals surface area contributed by atoms with Gasteiger partial charge in [-0.2, -0.15) is 0 Å². The number of fused-ring (bicyclic) bond motifs is 2. The number of ether oxygens (including phenoxy) is 1. The van der Waals surface area contributed by atoms with Crippen molar-refractivity contribution in [3.63, 3.8) is 0 Å². The van der Waals surface area contributed by atoms with Crippen LogP contribution >= 0.6 is 0 Å². The molecule has 6 heteroatoms. The summed E-state index contributed by atoms with van der Waals surface area (Å²) in [7, 11) is 0. The molecule has 1 heterocycles. The van der Waals surface area contributed by atoms with Crippen molar-refractivity contribution in [2.75, 3.05) is 26.2 Å². The van der Waals surface area contributed by atoms with Crippen molar-refractivity contribution in [1.29, 1.82) is 0 Å². The van der Waals surface area contributed by atoms with E-state index in [2.05, 4.69) is 0 Å². The van der Waals surface area contributed by atoms with Gasteiger partial charge in [0.05, 0.1) is 5.92 Å². The maximum Gasteiger partial charge on any atom is 0.263 e. The molecule has 1 aromatic rings. The van der Waals surface area contributed by atoms with Gasteiger partial charge in [-0.3, -0.25) is 9.59 Å². The van der Waals surface area contributed by atoms with Gasteiger partial charge >= 0.3 is 0 Å².